The molecular formula is C16H14F3NO. The smallest absolute Gasteiger partial charge is 0.263 e. The average Bonchev–Trinajstić information content (AvgIpc) is 2.48. The topological polar surface area (TPSA) is 35.2 Å². The van der Waals surface area contributed by atoms with Crippen molar-refractivity contribution in [1.82, 2.24) is 0 Å². The Balaban J connectivity index is 1.86. The lowest BCUT2D eigenvalue weighted by molar-refractivity contribution is 0.150. The van der Waals surface area contributed by atoms with Crippen molar-refractivity contribution < 1.29 is 17.9 Å². The molecule has 1 aliphatic heterocycles. The lowest BCUT2D eigenvalue weighted by atomic mass is 9.93. The number of benzene rings is 2. The van der Waals surface area contributed by atoms with Gasteiger partial charge in [-0.15, -0.1) is 0 Å². The molecule has 2 N–H and O–H groups in total. The van der Waals surface area contributed by atoms with E-state index in [1.165, 1.54) is 24.3 Å². The second-order valence-electron chi connectivity index (χ2n) is 5.10. The van der Waals surface area contributed by atoms with Gasteiger partial charge in [0.1, 0.15) is 17.7 Å². The number of hydrogen-bond acceptors (Lipinski definition) is 2. The van der Waals surface area contributed by atoms with Gasteiger partial charge in [-0.25, -0.2) is 13.2 Å². The summed E-state index contributed by atoms with van der Waals surface area (Å²) >= 11 is 0. The van der Waals surface area contributed by atoms with Crippen LogP contribution in [0.1, 0.15) is 41.7 Å². The highest BCUT2D eigenvalue weighted by Gasteiger charge is 2.27. The zero-order chi connectivity index (χ0) is 15.0. The average molecular weight is 293 g/mol. The number of nitrogens with two attached hydrogens (primary N) is 1. The van der Waals surface area contributed by atoms with Crippen molar-refractivity contribution in [3.05, 3.63) is 65.0 Å². The monoisotopic (exact) mass is 293 g/mol. The number of halogens is 3. The third kappa shape index (κ3) is 2.74. The van der Waals surface area contributed by atoms with E-state index in [0.29, 0.717) is 17.7 Å². The summed E-state index contributed by atoms with van der Waals surface area (Å²) in [4.78, 5) is 0. The molecule has 21 heavy (non-hydrogen) atoms. The van der Waals surface area contributed by atoms with Gasteiger partial charge in [0.2, 0.25) is 0 Å². The largest absolute Gasteiger partial charge is 0.485 e. The summed E-state index contributed by atoms with van der Waals surface area (Å²) in [5.41, 5.74) is 7.44. The normalized spacial score (nSPS) is 21.0. The fourth-order valence-electron chi connectivity index (χ4n) is 2.54. The summed E-state index contributed by atoms with van der Waals surface area (Å²) in [5.74, 6) is 0.186. The number of rotatable bonds is 2. The predicted molar refractivity (Wildman–Crippen MR) is 72.7 cm³/mol. The zero-order valence-corrected chi connectivity index (χ0v) is 11.1. The van der Waals surface area contributed by atoms with Gasteiger partial charge in [-0.3, -0.25) is 0 Å². The maximum Gasteiger partial charge on any atom is 0.263 e. The van der Waals surface area contributed by atoms with Crippen LogP contribution >= 0.6 is 0 Å². The molecular weight excluding hydrogens is 279 g/mol. The fraction of sp³-hybridized carbons (Fsp3) is 0.250. The Morgan fingerprint density at radius 3 is 2.48 bits per heavy atom. The van der Waals surface area contributed by atoms with Crippen LogP contribution < -0.4 is 10.5 Å². The molecule has 3 rings (SSSR count). The van der Waals surface area contributed by atoms with E-state index in [2.05, 4.69) is 0 Å². The molecule has 2 aromatic rings. The molecule has 1 heterocycles. The van der Waals surface area contributed by atoms with Crippen LogP contribution in [-0.2, 0) is 0 Å². The Morgan fingerprint density at radius 2 is 1.81 bits per heavy atom. The molecule has 1 aliphatic rings. The van der Waals surface area contributed by atoms with E-state index in [4.69, 9.17) is 10.5 Å². The minimum absolute atomic E-state index is 0.0265. The Kier molecular flexibility index (Phi) is 3.59. The Morgan fingerprint density at radius 1 is 1.10 bits per heavy atom. The van der Waals surface area contributed by atoms with E-state index in [1.54, 1.807) is 18.2 Å². The lowest BCUT2D eigenvalue weighted by Crippen LogP contribution is -2.24. The number of alkyl halides is 2. The second kappa shape index (κ2) is 5.41. The summed E-state index contributed by atoms with van der Waals surface area (Å²) in [7, 11) is 0. The van der Waals surface area contributed by atoms with Crippen molar-refractivity contribution in [1.29, 1.82) is 0 Å². The van der Waals surface area contributed by atoms with Crippen molar-refractivity contribution in [2.24, 2.45) is 5.73 Å². The number of hydrogen-bond donors (Lipinski definition) is 1. The quantitative estimate of drug-likeness (QED) is 0.896. The molecule has 0 fully saturated rings. The van der Waals surface area contributed by atoms with Gasteiger partial charge in [0.25, 0.3) is 6.43 Å². The molecule has 0 aromatic heterocycles. The number of fused-ring (bicyclic) bond motifs is 1. The van der Waals surface area contributed by atoms with Gasteiger partial charge >= 0.3 is 0 Å². The molecule has 2 nitrogen and oxygen atoms in total. The third-order valence-corrected chi connectivity index (χ3v) is 3.67. The molecule has 0 radical (unpaired) electrons. The fourth-order valence-corrected chi connectivity index (χ4v) is 2.54. The first kappa shape index (κ1) is 13.9. The maximum atomic E-state index is 13.2. The van der Waals surface area contributed by atoms with Crippen LogP contribution in [0.15, 0.2) is 42.5 Å². The van der Waals surface area contributed by atoms with Crippen molar-refractivity contribution >= 4 is 0 Å². The summed E-state index contributed by atoms with van der Waals surface area (Å²) in [6.45, 7) is 0. The van der Waals surface area contributed by atoms with Crippen molar-refractivity contribution in [2.75, 3.05) is 0 Å². The molecule has 0 spiro atoms. The van der Waals surface area contributed by atoms with Gasteiger partial charge < -0.3 is 10.5 Å². The Bertz CT molecular complexity index is 642. The van der Waals surface area contributed by atoms with Crippen LogP contribution in [0.25, 0.3) is 0 Å². The number of ether oxygens (including phenoxy) is 1. The van der Waals surface area contributed by atoms with E-state index in [1.807, 2.05) is 0 Å². The first-order chi connectivity index (χ1) is 10.0. The molecule has 2 aromatic carbocycles. The molecule has 5 heteroatoms. The lowest BCUT2D eigenvalue weighted by Gasteiger charge is -2.30. The predicted octanol–water partition coefficient (Wildman–Crippen LogP) is 4.29. The van der Waals surface area contributed by atoms with E-state index in [0.717, 1.165) is 5.56 Å². The zero-order valence-electron chi connectivity index (χ0n) is 11.1. The molecule has 2 atom stereocenters. The molecule has 0 bridgehead atoms. The molecule has 0 amide bonds. The van der Waals surface area contributed by atoms with E-state index in [9.17, 15) is 13.2 Å². The van der Waals surface area contributed by atoms with Gasteiger partial charge in [0, 0.05) is 23.6 Å². The van der Waals surface area contributed by atoms with E-state index in [-0.39, 0.29) is 23.5 Å². The Labute approximate surface area is 120 Å². The molecule has 110 valence electrons. The first-order valence-corrected chi connectivity index (χ1v) is 6.64. The first-order valence-electron chi connectivity index (χ1n) is 6.64. The van der Waals surface area contributed by atoms with Crippen LogP contribution in [-0.4, -0.2) is 0 Å². The summed E-state index contributed by atoms with van der Waals surface area (Å²) in [5, 5.41) is 0. The van der Waals surface area contributed by atoms with Gasteiger partial charge in [-0.2, -0.15) is 0 Å². The van der Waals surface area contributed by atoms with Gasteiger partial charge in [0.15, 0.2) is 0 Å². The molecule has 0 saturated carbocycles. The molecule has 0 saturated heterocycles. The van der Waals surface area contributed by atoms with Crippen LogP contribution in [0.5, 0.6) is 5.75 Å². The highest BCUT2D eigenvalue weighted by Crippen LogP contribution is 2.40. The standard InChI is InChI=1S/C16H14F3NO/c17-11-5-6-14-12(7-11)13(20)8-15(21-14)9-1-3-10(4-2-9)16(18)19/h1-7,13,15-16H,8,20H2. The maximum absolute atomic E-state index is 13.2. The van der Waals surface area contributed by atoms with Gasteiger partial charge in [0.05, 0.1) is 0 Å². The third-order valence-electron chi connectivity index (χ3n) is 3.67. The van der Waals surface area contributed by atoms with Crippen LogP contribution in [0.3, 0.4) is 0 Å². The second-order valence-corrected chi connectivity index (χ2v) is 5.10. The highest BCUT2D eigenvalue weighted by molar-refractivity contribution is 5.39. The van der Waals surface area contributed by atoms with Crippen LogP contribution in [0, 0.1) is 5.82 Å². The molecule has 0 aliphatic carbocycles. The highest BCUT2D eigenvalue weighted by atomic mass is 19.3. The summed E-state index contributed by atoms with van der Waals surface area (Å²) in [6, 6.07) is 9.89. The van der Waals surface area contributed by atoms with Crippen LogP contribution in [0.2, 0.25) is 0 Å². The van der Waals surface area contributed by atoms with E-state index >= 15 is 0 Å². The molecule has 2 unspecified atom stereocenters. The Hall–Kier alpha value is -2.01. The van der Waals surface area contributed by atoms with E-state index < -0.39 is 6.43 Å². The van der Waals surface area contributed by atoms with Crippen LogP contribution in [0.4, 0.5) is 13.2 Å². The van der Waals surface area contributed by atoms with Gasteiger partial charge in [-0.1, -0.05) is 24.3 Å². The summed E-state index contributed by atoms with van der Waals surface area (Å²) in [6.07, 6.45) is -2.33. The minimum Gasteiger partial charge on any atom is -0.485 e. The van der Waals surface area contributed by atoms with Crippen molar-refractivity contribution in [2.45, 2.75) is 25.0 Å². The summed E-state index contributed by atoms with van der Waals surface area (Å²) < 4.78 is 44.1. The van der Waals surface area contributed by atoms with Crippen molar-refractivity contribution in [3.8, 4) is 5.75 Å². The minimum atomic E-state index is -2.49. The van der Waals surface area contributed by atoms with Gasteiger partial charge in [-0.05, 0) is 23.8 Å². The SMILES string of the molecule is NC1CC(c2ccc(C(F)F)cc2)Oc2ccc(F)cc21. The van der Waals surface area contributed by atoms with Crippen molar-refractivity contribution in [3.63, 3.8) is 0 Å².